The van der Waals surface area contributed by atoms with Gasteiger partial charge in [0.05, 0.1) is 6.61 Å². The molecule has 1 aliphatic rings. The molecule has 5 nitrogen and oxygen atoms in total. The summed E-state index contributed by atoms with van der Waals surface area (Å²) in [5.41, 5.74) is 8.26. The number of carbonyl (C=O) groups excluding carboxylic acids is 1. The number of anilines is 2. The summed E-state index contributed by atoms with van der Waals surface area (Å²) in [4.78, 5) is 14.3. The summed E-state index contributed by atoms with van der Waals surface area (Å²) in [6, 6.07) is 5.53. The number of rotatable bonds is 5. The van der Waals surface area contributed by atoms with E-state index in [2.05, 4.69) is 10.2 Å². The molecule has 1 fully saturated rings. The summed E-state index contributed by atoms with van der Waals surface area (Å²) in [5, 5.41) is 2.95. The van der Waals surface area contributed by atoms with Crippen LogP contribution in [0, 0.1) is 6.92 Å². The molecule has 0 radical (unpaired) electrons. The molecule has 0 unspecified atom stereocenters. The molecule has 2 rings (SSSR count). The number of aryl methyl sites for hydroxylation is 1. The molecule has 1 aromatic rings. The molecule has 116 valence electrons. The number of amides is 1. The van der Waals surface area contributed by atoms with Crippen LogP contribution in [0.5, 0.6) is 0 Å². The second kappa shape index (κ2) is 8.00. The van der Waals surface area contributed by atoms with Gasteiger partial charge >= 0.3 is 0 Å². The molecule has 1 aromatic carbocycles. The lowest BCUT2D eigenvalue weighted by Crippen LogP contribution is -2.28. The van der Waals surface area contributed by atoms with Crippen LogP contribution in [0.4, 0.5) is 11.4 Å². The van der Waals surface area contributed by atoms with Gasteiger partial charge in [0.1, 0.15) is 0 Å². The summed E-state index contributed by atoms with van der Waals surface area (Å²) >= 11 is 0. The number of carbonyl (C=O) groups is 1. The first-order valence-corrected chi connectivity index (χ1v) is 7.61. The van der Waals surface area contributed by atoms with Crippen molar-refractivity contribution in [1.29, 1.82) is 0 Å². The molecular weight excluding hydrogens is 266 g/mol. The van der Waals surface area contributed by atoms with Gasteiger partial charge in [0.2, 0.25) is 5.91 Å². The standard InChI is InChI=1S/C16H25N3O2/c1-13-12-14(17)5-6-15(13)18-16(20)4-2-7-19-8-3-10-21-11-9-19/h5-6,12H,2-4,7-11,17H2,1H3,(H,18,20). The molecule has 21 heavy (non-hydrogen) atoms. The average Bonchev–Trinajstić information content (AvgIpc) is 2.71. The molecule has 5 heteroatoms. The Balaban J connectivity index is 1.71. The Hall–Kier alpha value is -1.59. The minimum absolute atomic E-state index is 0.0638. The first kappa shape index (κ1) is 15.8. The lowest BCUT2D eigenvalue weighted by molar-refractivity contribution is -0.116. The molecule has 0 spiro atoms. The van der Waals surface area contributed by atoms with Crippen LogP contribution in [-0.4, -0.2) is 43.7 Å². The fourth-order valence-electron chi connectivity index (χ4n) is 2.52. The van der Waals surface area contributed by atoms with Crippen molar-refractivity contribution in [3.8, 4) is 0 Å². The molecule has 1 aliphatic heterocycles. The number of nitrogens with two attached hydrogens (primary N) is 1. The summed E-state index contributed by atoms with van der Waals surface area (Å²) in [6.45, 7) is 6.60. The van der Waals surface area contributed by atoms with Crippen molar-refractivity contribution in [2.24, 2.45) is 0 Å². The van der Waals surface area contributed by atoms with Gasteiger partial charge in [-0.15, -0.1) is 0 Å². The van der Waals surface area contributed by atoms with E-state index in [9.17, 15) is 4.79 Å². The fourth-order valence-corrected chi connectivity index (χ4v) is 2.52. The number of benzene rings is 1. The van der Waals surface area contributed by atoms with Crippen LogP contribution in [0.2, 0.25) is 0 Å². The van der Waals surface area contributed by atoms with E-state index >= 15 is 0 Å². The van der Waals surface area contributed by atoms with E-state index in [-0.39, 0.29) is 5.91 Å². The van der Waals surface area contributed by atoms with Gasteiger partial charge in [-0.25, -0.2) is 0 Å². The van der Waals surface area contributed by atoms with Crippen LogP contribution in [0.1, 0.15) is 24.8 Å². The Kier molecular flexibility index (Phi) is 6.02. The monoisotopic (exact) mass is 291 g/mol. The van der Waals surface area contributed by atoms with Crippen molar-refractivity contribution in [2.75, 3.05) is 43.9 Å². The van der Waals surface area contributed by atoms with E-state index in [0.717, 1.165) is 56.9 Å². The number of nitrogen functional groups attached to an aromatic ring is 1. The summed E-state index contributed by atoms with van der Waals surface area (Å²) in [6.07, 6.45) is 2.50. The molecule has 0 atom stereocenters. The maximum absolute atomic E-state index is 12.0. The maximum atomic E-state index is 12.0. The minimum Gasteiger partial charge on any atom is -0.399 e. The van der Waals surface area contributed by atoms with E-state index in [1.54, 1.807) is 6.07 Å². The normalized spacial score (nSPS) is 16.4. The van der Waals surface area contributed by atoms with E-state index in [0.29, 0.717) is 12.1 Å². The van der Waals surface area contributed by atoms with E-state index in [4.69, 9.17) is 10.5 Å². The van der Waals surface area contributed by atoms with Crippen molar-refractivity contribution < 1.29 is 9.53 Å². The van der Waals surface area contributed by atoms with Gasteiger partial charge in [-0.05, 0) is 50.1 Å². The van der Waals surface area contributed by atoms with Crippen molar-refractivity contribution in [2.45, 2.75) is 26.2 Å². The molecule has 0 aromatic heterocycles. The summed E-state index contributed by atoms with van der Waals surface area (Å²) < 4.78 is 5.42. The highest BCUT2D eigenvalue weighted by Gasteiger charge is 2.10. The van der Waals surface area contributed by atoms with Crippen LogP contribution in [0.25, 0.3) is 0 Å². The van der Waals surface area contributed by atoms with Crippen LogP contribution < -0.4 is 11.1 Å². The van der Waals surface area contributed by atoms with Crippen molar-refractivity contribution in [3.63, 3.8) is 0 Å². The molecule has 0 aliphatic carbocycles. The highest BCUT2D eigenvalue weighted by atomic mass is 16.5. The number of nitrogens with zero attached hydrogens (tertiary/aromatic N) is 1. The lowest BCUT2D eigenvalue weighted by Gasteiger charge is -2.18. The van der Waals surface area contributed by atoms with Gasteiger partial charge in [-0.3, -0.25) is 4.79 Å². The van der Waals surface area contributed by atoms with Crippen molar-refractivity contribution in [1.82, 2.24) is 4.90 Å². The zero-order valence-electron chi connectivity index (χ0n) is 12.7. The summed E-state index contributed by atoms with van der Waals surface area (Å²) in [5.74, 6) is 0.0638. The zero-order valence-corrected chi connectivity index (χ0v) is 12.7. The number of nitrogens with one attached hydrogen (secondary N) is 1. The lowest BCUT2D eigenvalue weighted by atomic mass is 10.1. The first-order valence-electron chi connectivity index (χ1n) is 7.61. The van der Waals surface area contributed by atoms with E-state index in [1.165, 1.54) is 0 Å². The SMILES string of the molecule is Cc1cc(N)ccc1NC(=O)CCCN1CCCOCC1. The second-order valence-corrected chi connectivity index (χ2v) is 5.53. The predicted molar refractivity (Wildman–Crippen MR) is 85.3 cm³/mol. The first-order chi connectivity index (χ1) is 10.1. The molecule has 0 saturated carbocycles. The topological polar surface area (TPSA) is 67.6 Å². The van der Waals surface area contributed by atoms with Gasteiger partial charge in [0.15, 0.2) is 0 Å². The Labute approximate surface area is 126 Å². The highest BCUT2D eigenvalue weighted by Crippen LogP contribution is 2.17. The average molecular weight is 291 g/mol. The number of hydrogen-bond donors (Lipinski definition) is 2. The second-order valence-electron chi connectivity index (χ2n) is 5.53. The van der Waals surface area contributed by atoms with Gasteiger partial charge < -0.3 is 20.7 Å². The van der Waals surface area contributed by atoms with Gasteiger partial charge in [0, 0.05) is 37.5 Å². The van der Waals surface area contributed by atoms with Crippen LogP contribution >= 0.6 is 0 Å². The molecule has 1 heterocycles. The third-order valence-corrected chi connectivity index (χ3v) is 3.72. The Morgan fingerprint density at radius 3 is 3.05 bits per heavy atom. The molecule has 1 amide bonds. The third-order valence-electron chi connectivity index (χ3n) is 3.72. The largest absolute Gasteiger partial charge is 0.399 e. The van der Waals surface area contributed by atoms with E-state index in [1.807, 2.05) is 19.1 Å². The van der Waals surface area contributed by atoms with Crippen molar-refractivity contribution >= 4 is 17.3 Å². The Bertz CT molecular complexity index is 469. The quantitative estimate of drug-likeness (QED) is 0.814. The van der Waals surface area contributed by atoms with Gasteiger partial charge in [-0.2, -0.15) is 0 Å². The van der Waals surface area contributed by atoms with Gasteiger partial charge in [0.25, 0.3) is 0 Å². The number of hydrogen-bond acceptors (Lipinski definition) is 4. The van der Waals surface area contributed by atoms with Crippen LogP contribution in [-0.2, 0) is 9.53 Å². The number of ether oxygens (including phenoxy) is 1. The van der Waals surface area contributed by atoms with Gasteiger partial charge in [-0.1, -0.05) is 0 Å². The van der Waals surface area contributed by atoms with E-state index < -0.39 is 0 Å². The third kappa shape index (κ3) is 5.36. The molecule has 3 N–H and O–H groups in total. The fraction of sp³-hybridized carbons (Fsp3) is 0.562. The predicted octanol–water partition coefficient (Wildman–Crippen LogP) is 2.02. The Morgan fingerprint density at radius 2 is 2.24 bits per heavy atom. The minimum atomic E-state index is 0.0638. The highest BCUT2D eigenvalue weighted by molar-refractivity contribution is 5.91. The van der Waals surface area contributed by atoms with Crippen LogP contribution in [0.3, 0.4) is 0 Å². The molecular formula is C16H25N3O2. The Morgan fingerprint density at radius 1 is 1.38 bits per heavy atom. The summed E-state index contributed by atoms with van der Waals surface area (Å²) in [7, 11) is 0. The molecule has 0 bridgehead atoms. The maximum Gasteiger partial charge on any atom is 0.224 e. The smallest absolute Gasteiger partial charge is 0.224 e. The van der Waals surface area contributed by atoms with Crippen molar-refractivity contribution in [3.05, 3.63) is 23.8 Å². The van der Waals surface area contributed by atoms with Crippen LogP contribution in [0.15, 0.2) is 18.2 Å². The zero-order chi connectivity index (χ0) is 15.1. The molecule has 1 saturated heterocycles.